The van der Waals surface area contributed by atoms with Crippen LogP contribution in [-0.2, 0) is 6.54 Å². The number of para-hydroxylation sites is 1. The highest BCUT2D eigenvalue weighted by Crippen LogP contribution is 2.32. The van der Waals surface area contributed by atoms with E-state index < -0.39 is 0 Å². The van der Waals surface area contributed by atoms with Crippen LogP contribution in [0.15, 0.2) is 60.4 Å². The number of methoxy groups -OCH3 is 1. The van der Waals surface area contributed by atoms with E-state index in [-0.39, 0.29) is 5.91 Å². The molecule has 0 atom stereocenters. The Balaban J connectivity index is 1.75. The van der Waals surface area contributed by atoms with Crippen LogP contribution in [0.2, 0.25) is 0 Å². The van der Waals surface area contributed by atoms with Crippen molar-refractivity contribution in [3.63, 3.8) is 0 Å². The monoisotopic (exact) mass is 364 g/mol. The summed E-state index contributed by atoms with van der Waals surface area (Å²) in [7, 11) is 1.62. The van der Waals surface area contributed by atoms with Crippen molar-refractivity contribution in [2.45, 2.75) is 6.54 Å². The topological polar surface area (TPSA) is 68.5 Å². The summed E-state index contributed by atoms with van der Waals surface area (Å²) in [6, 6.07) is 11.5. The number of carbonyl (C=O) groups is 1. The first-order chi connectivity index (χ1) is 12.8. The van der Waals surface area contributed by atoms with E-state index in [1.165, 1.54) is 0 Å². The van der Waals surface area contributed by atoms with Crippen LogP contribution in [0.5, 0.6) is 5.75 Å². The molecular weight excluding hydrogens is 348 g/mol. The number of fused-ring (bicyclic) bond motifs is 1. The van der Waals surface area contributed by atoms with Crippen molar-refractivity contribution in [1.82, 2.24) is 19.7 Å². The molecule has 4 aromatic rings. The second kappa shape index (κ2) is 6.97. The van der Waals surface area contributed by atoms with Crippen molar-refractivity contribution in [1.29, 1.82) is 0 Å². The summed E-state index contributed by atoms with van der Waals surface area (Å²) in [5.41, 5.74) is 2.23. The van der Waals surface area contributed by atoms with Crippen LogP contribution < -0.4 is 10.1 Å². The van der Waals surface area contributed by atoms with E-state index in [9.17, 15) is 4.79 Å². The minimum absolute atomic E-state index is 0.235. The second-order valence-corrected chi connectivity index (χ2v) is 6.61. The molecule has 0 radical (unpaired) electrons. The van der Waals surface area contributed by atoms with Gasteiger partial charge in [0, 0.05) is 22.8 Å². The molecule has 4 rings (SSSR count). The van der Waals surface area contributed by atoms with Crippen LogP contribution in [0.25, 0.3) is 16.8 Å². The van der Waals surface area contributed by atoms with Gasteiger partial charge in [-0.2, -0.15) is 0 Å². The third-order valence-electron chi connectivity index (χ3n) is 4.02. The predicted molar refractivity (Wildman–Crippen MR) is 100 cm³/mol. The van der Waals surface area contributed by atoms with E-state index in [4.69, 9.17) is 4.74 Å². The molecule has 6 nitrogen and oxygen atoms in total. The van der Waals surface area contributed by atoms with Crippen LogP contribution in [0.3, 0.4) is 0 Å². The van der Waals surface area contributed by atoms with E-state index in [0.29, 0.717) is 23.8 Å². The Morgan fingerprint density at radius 2 is 2.15 bits per heavy atom. The van der Waals surface area contributed by atoms with Gasteiger partial charge in [0.1, 0.15) is 11.4 Å². The zero-order chi connectivity index (χ0) is 17.9. The number of carbonyl (C=O) groups excluding carboxylic acids is 1. The highest BCUT2D eigenvalue weighted by atomic mass is 32.1. The molecule has 1 N–H and O–H groups in total. The number of benzene rings is 1. The molecule has 0 aliphatic heterocycles. The average Bonchev–Trinajstić information content (AvgIpc) is 3.34. The van der Waals surface area contributed by atoms with Crippen molar-refractivity contribution in [2.24, 2.45) is 0 Å². The number of ether oxygens (including phenoxy) is 1. The zero-order valence-corrected chi connectivity index (χ0v) is 14.9. The quantitative estimate of drug-likeness (QED) is 0.589. The van der Waals surface area contributed by atoms with Crippen molar-refractivity contribution in [3.05, 3.63) is 71.1 Å². The Bertz CT molecular complexity index is 1060. The van der Waals surface area contributed by atoms with Gasteiger partial charge in [-0.15, -0.1) is 11.3 Å². The molecule has 1 amide bonds. The molecule has 0 spiro atoms. The van der Waals surface area contributed by atoms with E-state index >= 15 is 0 Å². The Labute approximate surface area is 154 Å². The normalized spacial score (nSPS) is 10.8. The number of nitrogens with zero attached hydrogens (tertiary/aromatic N) is 3. The standard InChI is InChI=1S/C19H16N4O2S/c1-25-16-7-3-2-6-14(16)17-15-12-20-8-9-23(15)18(22-17)19(24)21-11-13-5-4-10-26-13/h2-10,12H,11H2,1H3,(H,21,24). The molecule has 0 unspecified atom stereocenters. The SMILES string of the molecule is COc1ccccc1-c1nc(C(=O)NCc2cccs2)n2ccncc12. The van der Waals surface area contributed by atoms with Crippen molar-refractivity contribution in [3.8, 4) is 17.0 Å². The van der Waals surface area contributed by atoms with Crippen LogP contribution in [-0.4, -0.2) is 27.4 Å². The Kier molecular flexibility index (Phi) is 4.37. The van der Waals surface area contributed by atoms with Gasteiger partial charge in [0.05, 0.1) is 25.4 Å². The average molecular weight is 364 g/mol. The Morgan fingerprint density at radius 1 is 1.27 bits per heavy atom. The number of rotatable bonds is 5. The minimum atomic E-state index is -0.235. The van der Waals surface area contributed by atoms with Crippen molar-refractivity contribution in [2.75, 3.05) is 7.11 Å². The van der Waals surface area contributed by atoms with Crippen molar-refractivity contribution >= 4 is 22.8 Å². The smallest absolute Gasteiger partial charge is 0.287 e. The highest BCUT2D eigenvalue weighted by Gasteiger charge is 2.20. The summed E-state index contributed by atoms with van der Waals surface area (Å²) in [4.78, 5) is 22.6. The lowest BCUT2D eigenvalue weighted by Gasteiger charge is -2.05. The third kappa shape index (κ3) is 2.93. The fraction of sp³-hybridized carbons (Fsp3) is 0.105. The van der Waals surface area contributed by atoms with E-state index in [0.717, 1.165) is 16.0 Å². The molecule has 0 saturated carbocycles. The maximum atomic E-state index is 12.7. The maximum absolute atomic E-state index is 12.7. The van der Waals surface area contributed by atoms with Gasteiger partial charge in [0.25, 0.3) is 5.91 Å². The molecular formula is C19H16N4O2S. The third-order valence-corrected chi connectivity index (χ3v) is 4.89. The number of hydrogen-bond donors (Lipinski definition) is 1. The molecule has 0 saturated heterocycles. The first kappa shape index (κ1) is 16.3. The van der Waals surface area contributed by atoms with Gasteiger partial charge >= 0.3 is 0 Å². The van der Waals surface area contributed by atoms with Crippen LogP contribution in [0.4, 0.5) is 0 Å². The van der Waals surface area contributed by atoms with Crippen LogP contribution in [0.1, 0.15) is 15.5 Å². The lowest BCUT2D eigenvalue weighted by molar-refractivity contribution is 0.0940. The summed E-state index contributed by atoms with van der Waals surface area (Å²) in [5.74, 6) is 0.780. The molecule has 0 bridgehead atoms. The van der Waals surface area contributed by atoms with Gasteiger partial charge in [-0.25, -0.2) is 4.98 Å². The van der Waals surface area contributed by atoms with E-state index in [2.05, 4.69) is 15.3 Å². The van der Waals surface area contributed by atoms with Crippen molar-refractivity contribution < 1.29 is 9.53 Å². The van der Waals surface area contributed by atoms with Crippen LogP contribution >= 0.6 is 11.3 Å². The highest BCUT2D eigenvalue weighted by molar-refractivity contribution is 7.09. The summed E-state index contributed by atoms with van der Waals surface area (Å²) in [5, 5.41) is 4.91. The molecule has 3 aromatic heterocycles. The molecule has 3 heterocycles. The number of imidazole rings is 1. The number of amides is 1. The molecule has 1 aromatic carbocycles. The van der Waals surface area contributed by atoms with Gasteiger partial charge < -0.3 is 10.1 Å². The summed E-state index contributed by atoms with van der Waals surface area (Å²) in [6.07, 6.45) is 5.07. The lowest BCUT2D eigenvalue weighted by Crippen LogP contribution is -2.24. The largest absolute Gasteiger partial charge is 0.496 e. The number of nitrogens with one attached hydrogen (secondary N) is 1. The first-order valence-corrected chi connectivity index (χ1v) is 8.92. The Hall–Kier alpha value is -3.19. The zero-order valence-electron chi connectivity index (χ0n) is 14.0. The fourth-order valence-corrected chi connectivity index (χ4v) is 3.44. The number of aromatic nitrogens is 3. The number of hydrogen-bond acceptors (Lipinski definition) is 5. The molecule has 7 heteroatoms. The first-order valence-electron chi connectivity index (χ1n) is 8.04. The summed E-state index contributed by atoms with van der Waals surface area (Å²) < 4.78 is 7.19. The summed E-state index contributed by atoms with van der Waals surface area (Å²) in [6.45, 7) is 0.473. The minimum Gasteiger partial charge on any atom is -0.496 e. The van der Waals surface area contributed by atoms with E-state index in [1.807, 2.05) is 41.8 Å². The van der Waals surface area contributed by atoms with Gasteiger partial charge in [-0.1, -0.05) is 18.2 Å². The van der Waals surface area contributed by atoms with E-state index in [1.54, 1.807) is 41.4 Å². The maximum Gasteiger partial charge on any atom is 0.287 e. The summed E-state index contributed by atoms with van der Waals surface area (Å²) >= 11 is 1.60. The van der Waals surface area contributed by atoms with Gasteiger partial charge in [0.15, 0.2) is 0 Å². The van der Waals surface area contributed by atoms with Gasteiger partial charge in [-0.3, -0.25) is 14.2 Å². The lowest BCUT2D eigenvalue weighted by atomic mass is 10.1. The molecule has 0 aliphatic rings. The number of thiophene rings is 1. The second-order valence-electron chi connectivity index (χ2n) is 5.58. The molecule has 130 valence electrons. The molecule has 0 fully saturated rings. The fourth-order valence-electron chi connectivity index (χ4n) is 2.80. The predicted octanol–water partition coefficient (Wildman–Crippen LogP) is 3.40. The molecule has 0 aliphatic carbocycles. The molecule has 26 heavy (non-hydrogen) atoms. The van der Waals surface area contributed by atoms with Crippen LogP contribution in [0, 0.1) is 0 Å². The van der Waals surface area contributed by atoms with Gasteiger partial charge in [-0.05, 0) is 23.6 Å². The Morgan fingerprint density at radius 3 is 2.96 bits per heavy atom. The van der Waals surface area contributed by atoms with Gasteiger partial charge in [0.2, 0.25) is 5.82 Å².